The van der Waals surface area contributed by atoms with Crippen molar-refractivity contribution in [3.05, 3.63) is 57.6 Å². The Hall–Kier alpha value is -1.98. The lowest BCUT2D eigenvalue weighted by atomic mass is 9.61. The molecule has 1 N–H and O–H groups in total. The minimum atomic E-state index is -0.387. The van der Waals surface area contributed by atoms with Crippen LogP contribution in [-0.2, 0) is 14.9 Å². The van der Waals surface area contributed by atoms with Crippen molar-refractivity contribution in [3.8, 4) is 0 Å². The summed E-state index contributed by atoms with van der Waals surface area (Å²) in [4.78, 5) is 19.1. The molecule has 0 bridgehead atoms. The van der Waals surface area contributed by atoms with Crippen LogP contribution in [0.15, 0.2) is 47.1 Å². The molecule has 3 heterocycles. The summed E-state index contributed by atoms with van der Waals surface area (Å²) in [5.74, 6) is 1.18. The summed E-state index contributed by atoms with van der Waals surface area (Å²) in [7, 11) is 0. The number of hydrogen-bond acceptors (Lipinski definition) is 5. The molecule has 1 aliphatic carbocycles. The molecule has 1 aromatic carbocycles. The van der Waals surface area contributed by atoms with Crippen LogP contribution in [0.5, 0.6) is 0 Å². The zero-order valence-corrected chi connectivity index (χ0v) is 15.0. The molecule has 5 heteroatoms. The normalized spacial score (nSPS) is 26.7. The summed E-state index contributed by atoms with van der Waals surface area (Å²) in [6, 6.07) is 10.4. The van der Waals surface area contributed by atoms with Crippen LogP contribution in [0, 0.1) is 5.41 Å². The van der Waals surface area contributed by atoms with Gasteiger partial charge in [-0.1, -0.05) is 37.3 Å². The molecule has 2 aliphatic heterocycles. The Morgan fingerprint density at radius 1 is 1.24 bits per heavy atom. The Labute approximate surface area is 150 Å². The van der Waals surface area contributed by atoms with E-state index in [4.69, 9.17) is 4.74 Å². The second-order valence-corrected chi connectivity index (χ2v) is 8.26. The first-order valence-electron chi connectivity index (χ1n) is 8.80. The molecule has 3 aliphatic rings. The smallest absolute Gasteiger partial charge is 0.162 e. The molecule has 1 saturated heterocycles. The third-order valence-electron chi connectivity index (χ3n) is 5.93. The number of rotatable bonds is 2. The van der Waals surface area contributed by atoms with E-state index in [1.165, 1.54) is 5.56 Å². The average Bonchev–Trinajstić information content (AvgIpc) is 3.07. The highest BCUT2D eigenvalue weighted by Gasteiger charge is 2.54. The van der Waals surface area contributed by atoms with E-state index < -0.39 is 0 Å². The number of fused-ring (bicyclic) bond motifs is 1. The van der Waals surface area contributed by atoms with Crippen LogP contribution in [0.3, 0.4) is 0 Å². The Morgan fingerprint density at radius 3 is 2.72 bits per heavy atom. The summed E-state index contributed by atoms with van der Waals surface area (Å²) >= 11 is 1.64. The maximum atomic E-state index is 13.3. The van der Waals surface area contributed by atoms with Gasteiger partial charge in [-0.05, 0) is 18.4 Å². The molecule has 128 valence electrons. The molecule has 0 radical (unpaired) electrons. The van der Waals surface area contributed by atoms with E-state index in [0.717, 1.165) is 34.8 Å². The zero-order chi connectivity index (χ0) is 17.1. The molecule has 4 nitrogen and oxygen atoms in total. The van der Waals surface area contributed by atoms with Gasteiger partial charge in [0.05, 0.1) is 29.0 Å². The Bertz CT molecular complexity index is 882. The summed E-state index contributed by atoms with van der Waals surface area (Å²) in [6.45, 7) is 3.55. The van der Waals surface area contributed by atoms with Gasteiger partial charge in [0, 0.05) is 23.1 Å². The minimum absolute atomic E-state index is 0.00733. The number of allylic oxidation sites excluding steroid dienone is 2. The van der Waals surface area contributed by atoms with E-state index in [1.807, 2.05) is 11.6 Å². The summed E-state index contributed by atoms with van der Waals surface area (Å²) < 4.78 is 5.44. The lowest BCUT2D eigenvalue weighted by molar-refractivity contribution is -0.141. The number of aromatic nitrogens is 1. The Balaban J connectivity index is 1.77. The monoisotopic (exact) mass is 352 g/mol. The first-order valence-corrected chi connectivity index (χ1v) is 9.68. The number of thiazole rings is 1. The van der Waals surface area contributed by atoms with E-state index in [-0.39, 0.29) is 16.6 Å². The number of anilines is 1. The summed E-state index contributed by atoms with van der Waals surface area (Å²) in [5.41, 5.74) is 4.69. The van der Waals surface area contributed by atoms with Gasteiger partial charge in [0.2, 0.25) is 0 Å². The molecule has 1 aromatic heterocycles. The zero-order valence-electron chi connectivity index (χ0n) is 14.2. The third-order valence-corrected chi connectivity index (χ3v) is 6.92. The first-order chi connectivity index (χ1) is 12.2. The van der Waals surface area contributed by atoms with Crippen molar-refractivity contribution >= 4 is 22.9 Å². The SMILES string of the molecule is CCC1(c2ccccc2)C2=C(CC3(COC3)CC2=O)Nc2ncsc21. The molecule has 5 rings (SSSR count). The quantitative estimate of drug-likeness (QED) is 0.891. The van der Waals surface area contributed by atoms with Gasteiger partial charge in [-0.25, -0.2) is 4.98 Å². The van der Waals surface area contributed by atoms with Gasteiger partial charge < -0.3 is 10.1 Å². The van der Waals surface area contributed by atoms with E-state index in [0.29, 0.717) is 19.6 Å². The van der Waals surface area contributed by atoms with E-state index in [9.17, 15) is 4.79 Å². The van der Waals surface area contributed by atoms with Crippen LogP contribution in [0.2, 0.25) is 0 Å². The predicted molar refractivity (Wildman–Crippen MR) is 97.8 cm³/mol. The highest BCUT2D eigenvalue weighted by atomic mass is 32.1. The predicted octanol–water partition coefficient (Wildman–Crippen LogP) is 3.90. The van der Waals surface area contributed by atoms with Crippen molar-refractivity contribution in [3.63, 3.8) is 0 Å². The summed E-state index contributed by atoms with van der Waals surface area (Å²) in [5, 5.41) is 3.49. The maximum absolute atomic E-state index is 13.3. The molecule has 25 heavy (non-hydrogen) atoms. The summed E-state index contributed by atoms with van der Waals surface area (Å²) in [6.07, 6.45) is 2.32. The van der Waals surface area contributed by atoms with Crippen LogP contribution in [0.1, 0.15) is 36.6 Å². The van der Waals surface area contributed by atoms with Gasteiger partial charge in [-0.2, -0.15) is 0 Å². The topological polar surface area (TPSA) is 51.2 Å². The highest BCUT2D eigenvalue weighted by molar-refractivity contribution is 7.10. The third kappa shape index (κ3) is 1.96. The Morgan fingerprint density at radius 2 is 2.04 bits per heavy atom. The van der Waals surface area contributed by atoms with Crippen LogP contribution in [0.25, 0.3) is 0 Å². The lowest BCUT2D eigenvalue weighted by Crippen LogP contribution is -2.51. The average molecular weight is 352 g/mol. The van der Waals surface area contributed by atoms with Crippen molar-refractivity contribution in [2.75, 3.05) is 18.5 Å². The number of nitrogens with zero attached hydrogens (tertiary/aromatic N) is 1. The van der Waals surface area contributed by atoms with Gasteiger partial charge >= 0.3 is 0 Å². The van der Waals surface area contributed by atoms with Crippen LogP contribution in [-0.4, -0.2) is 24.0 Å². The minimum Gasteiger partial charge on any atom is -0.380 e. The fraction of sp³-hybridized carbons (Fsp3) is 0.400. The highest BCUT2D eigenvalue weighted by Crippen LogP contribution is 2.56. The number of ketones is 1. The number of hydrogen-bond donors (Lipinski definition) is 1. The molecular formula is C20H20N2O2S. The van der Waals surface area contributed by atoms with E-state index in [1.54, 1.807) is 11.3 Å². The second-order valence-electron chi connectivity index (χ2n) is 7.40. The van der Waals surface area contributed by atoms with Gasteiger partial charge in [-0.3, -0.25) is 4.79 Å². The first kappa shape index (κ1) is 15.3. The van der Waals surface area contributed by atoms with E-state index >= 15 is 0 Å². The number of nitrogens with one attached hydrogen (secondary N) is 1. The van der Waals surface area contributed by atoms with Crippen molar-refractivity contribution in [1.82, 2.24) is 4.98 Å². The lowest BCUT2D eigenvalue weighted by Gasteiger charge is -2.49. The molecule has 2 aromatic rings. The molecule has 1 unspecified atom stereocenters. The molecule has 0 saturated carbocycles. The number of Topliss-reactive ketones (excluding diaryl/α,β-unsaturated/α-hetero) is 1. The molecule has 1 atom stereocenters. The van der Waals surface area contributed by atoms with Crippen molar-refractivity contribution in [2.45, 2.75) is 31.6 Å². The van der Waals surface area contributed by atoms with Crippen molar-refractivity contribution in [2.24, 2.45) is 5.41 Å². The molecule has 1 spiro atoms. The molecule has 0 amide bonds. The molecule has 1 fully saturated rings. The second kappa shape index (κ2) is 5.26. The fourth-order valence-corrected chi connectivity index (χ4v) is 5.80. The van der Waals surface area contributed by atoms with Crippen molar-refractivity contribution in [1.29, 1.82) is 0 Å². The Kier molecular flexibility index (Phi) is 3.21. The van der Waals surface area contributed by atoms with Gasteiger partial charge in [0.25, 0.3) is 0 Å². The van der Waals surface area contributed by atoms with Crippen LogP contribution >= 0.6 is 11.3 Å². The van der Waals surface area contributed by atoms with Gasteiger partial charge in [0.15, 0.2) is 5.78 Å². The fourth-order valence-electron chi connectivity index (χ4n) is 4.75. The van der Waals surface area contributed by atoms with Crippen LogP contribution in [0.4, 0.5) is 5.82 Å². The van der Waals surface area contributed by atoms with Gasteiger partial charge in [-0.15, -0.1) is 11.3 Å². The van der Waals surface area contributed by atoms with Crippen LogP contribution < -0.4 is 5.32 Å². The maximum Gasteiger partial charge on any atom is 0.162 e. The molecular weight excluding hydrogens is 332 g/mol. The largest absolute Gasteiger partial charge is 0.380 e. The standard InChI is InChI=1S/C20H20N2O2S/c1-2-20(13-6-4-3-5-7-13)16-14(22-18-17(20)25-12-21-18)8-19(9-15(16)23)10-24-11-19/h3-7,12,22H,2,8-11H2,1H3. The number of ether oxygens (including phenoxy) is 1. The van der Waals surface area contributed by atoms with Gasteiger partial charge in [0.1, 0.15) is 5.82 Å². The number of benzene rings is 1. The number of carbonyl (C=O) groups excluding carboxylic acids is 1. The number of carbonyl (C=O) groups is 1. The van der Waals surface area contributed by atoms with E-state index in [2.05, 4.69) is 41.5 Å². The van der Waals surface area contributed by atoms with Crippen molar-refractivity contribution < 1.29 is 9.53 Å².